The van der Waals surface area contributed by atoms with E-state index in [4.69, 9.17) is 10.5 Å². The third kappa shape index (κ3) is 4.80. The molecule has 2 atom stereocenters. The summed E-state index contributed by atoms with van der Waals surface area (Å²) in [5.74, 6) is -0.267. The second-order valence-corrected chi connectivity index (χ2v) is 5.68. The molecule has 1 saturated carbocycles. The van der Waals surface area contributed by atoms with Gasteiger partial charge in [0.25, 0.3) is 0 Å². The number of ether oxygens (including phenoxy) is 1. The quantitative estimate of drug-likeness (QED) is 0.634. The summed E-state index contributed by atoms with van der Waals surface area (Å²) < 4.78 is 4.73. The van der Waals surface area contributed by atoms with Crippen molar-refractivity contribution in [3.8, 4) is 0 Å². The Balaban J connectivity index is 1.89. The van der Waals surface area contributed by atoms with Crippen LogP contribution < -0.4 is 11.1 Å². The number of rotatable bonds is 6. The van der Waals surface area contributed by atoms with Crippen molar-refractivity contribution in [2.45, 2.75) is 37.8 Å². The van der Waals surface area contributed by atoms with Gasteiger partial charge in [-0.05, 0) is 25.2 Å². The van der Waals surface area contributed by atoms with Gasteiger partial charge in [0.05, 0.1) is 13.7 Å². The third-order valence-electron chi connectivity index (χ3n) is 3.72. The van der Waals surface area contributed by atoms with Crippen LogP contribution in [0.4, 0.5) is 0 Å². The van der Waals surface area contributed by atoms with Gasteiger partial charge in [0, 0.05) is 31.6 Å². The molecule has 0 aromatic carbocycles. The van der Waals surface area contributed by atoms with E-state index in [1.54, 1.807) is 0 Å². The average molecular weight is 269 g/mol. The molecule has 0 spiro atoms. The number of carbonyl (C=O) groups excluding carboxylic acids is 2. The van der Waals surface area contributed by atoms with Crippen LogP contribution in [0.1, 0.15) is 25.7 Å². The predicted octanol–water partition coefficient (Wildman–Crippen LogP) is -0.523. The van der Waals surface area contributed by atoms with E-state index in [-0.39, 0.29) is 24.3 Å². The number of methoxy groups -OCH3 is 1. The van der Waals surface area contributed by atoms with Gasteiger partial charge in [-0.25, -0.2) is 0 Å². The predicted molar refractivity (Wildman–Crippen MR) is 70.3 cm³/mol. The highest BCUT2D eigenvalue weighted by atomic mass is 16.5. The van der Waals surface area contributed by atoms with Gasteiger partial charge in [-0.1, -0.05) is 0 Å². The lowest BCUT2D eigenvalue weighted by Gasteiger charge is -2.37. The van der Waals surface area contributed by atoms with Crippen molar-refractivity contribution in [3.05, 3.63) is 0 Å². The molecule has 2 fully saturated rings. The number of hydrogen-bond acceptors (Lipinski definition) is 5. The Morgan fingerprint density at radius 2 is 2.05 bits per heavy atom. The lowest BCUT2D eigenvalue weighted by molar-refractivity contribution is -0.142. The highest BCUT2D eigenvalue weighted by Gasteiger charge is 2.32. The number of primary amides is 1. The summed E-state index contributed by atoms with van der Waals surface area (Å²) in [4.78, 5) is 24.5. The normalized spacial score (nSPS) is 28.1. The van der Waals surface area contributed by atoms with Gasteiger partial charge < -0.3 is 15.8 Å². The van der Waals surface area contributed by atoms with E-state index < -0.39 is 0 Å². The van der Waals surface area contributed by atoms with Crippen LogP contribution in [0.2, 0.25) is 0 Å². The number of likely N-dealkylation sites (tertiary alicyclic amines) is 1. The monoisotopic (exact) mass is 269 g/mol. The van der Waals surface area contributed by atoms with E-state index in [0.29, 0.717) is 18.5 Å². The Kier molecular flexibility index (Phi) is 4.76. The fourth-order valence-corrected chi connectivity index (χ4v) is 2.82. The molecule has 6 nitrogen and oxygen atoms in total. The maximum atomic E-state index is 11.4. The first-order valence-electron chi connectivity index (χ1n) is 6.90. The molecule has 19 heavy (non-hydrogen) atoms. The summed E-state index contributed by atoms with van der Waals surface area (Å²) in [6, 6.07) is 0.965. The van der Waals surface area contributed by atoms with E-state index in [1.165, 1.54) is 20.0 Å². The number of nitrogens with one attached hydrogen (secondary N) is 1. The van der Waals surface area contributed by atoms with Crippen LogP contribution in [0.3, 0.4) is 0 Å². The molecule has 108 valence electrons. The minimum absolute atomic E-state index is 0.184. The summed E-state index contributed by atoms with van der Waals surface area (Å²) in [6.07, 6.45) is 3.83. The maximum absolute atomic E-state index is 11.4. The van der Waals surface area contributed by atoms with E-state index >= 15 is 0 Å². The minimum atomic E-state index is -0.316. The Morgan fingerprint density at radius 1 is 1.32 bits per heavy atom. The number of esters is 1. The summed E-state index contributed by atoms with van der Waals surface area (Å²) in [6.45, 7) is 1.83. The molecular formula is C13H23N3O3. The number of piperidine rings is 1. The summed E-state index contributed by atoms with van der Waals surface area (Å²) in [5, 5.41) is 3.57. The molecule has 2 unspecified atom stereocenters. The van der Waals surface area contributed by atoms with Gasteiger partial charge in [0.2, 0.25) is 5.91 Å². The van der Waals surface area contributed by atoms with Crippen LogP contribution in [0.5, 0.6) is 0 Å². The van der Waals surface area contributed by atoms with Crippen LogP contribution in [0, 0.1) is 5.92 Å². The van der Waals surface area contributed by atoms with Crippen LogP contribution in [0.25, 0.3) is 0 Å². The fourth-order valence-electron chi connectivity index (χ4n) is 2.82. The molecule has 2 aliphatic rings. The molecule has 1 aliphatic carbocycles. The highest BCUT2D eigenvalue weighted by molar-refractivity contribution is 5.76. The van der Waals surface area contributed by atoms with Gasteiger partial charge in [-0.15, -0.1) is 0 Å². The summed E-state index contributed by atoms with van der Waals surface area (Å²) in [7, 11) is 1.41. The largest absolute Gasteiger partial charge is 0.469 e. The van der Waals surface area contributed by atoms with Crippen LogP contribution in [-0.2, 0) is 14.3 Å². The van der Waals surface area contributed by atoms with Crippen molar-refractivity contribution in [3.63, 3.8) is 0 Å². The topological polar surface area (TPSA) is 84.7 Å². The van der Waals surface area contributed by atoms with Crippen molar-refractivity contribution >= 4 is 11.9 Å². The number of hydrogen-bond donors (Lipinski definition) is 2. The van der Waals surface area contributed by atoms with Crippen LogP contribution >= 0.6 is 0 Å². The molecule has 1 amide bonds. The zero-order valence-corrected chi connectivity index (χ0v) is 11.4. The molecule has 0 aromatic rings. The zero-order valence-electron chi connectivity index (χ0n) is 11.4. The van der Waals surface area contributed by atoms with Crippen molar-refractivity contribution in [2.75, 3.05) is 26.7 Å². The van der Waals surface area contributed by atoms with E-state index in [0.717, 1.165) is 19.5 Å². The third-order valence-corrected chi connectivity index (χ3v) is 3.72. The average Bonchev–Trinajstić information content (AvgIpc) is 3.11. The van der Waals surface area contributed by atoms with E-state index in [9.17, 15) is 9.59 Å². The molecule has 1 saturated heterocycles. The number of nitrogens with two attached hydrogens (primary N) is 1. The fraction of sp³-hybridized carbons (Fsp3) is 0.846. The van der Waals surface area contributed by atoms with Crippen molar-refractivity contribution < 1.29 is 14.3 Å². The van der Waals surface area contributed by atoms with Gasteiger partial charge in [-0.2, -0.15) is 0 Å². The van der Waals surface area contributed by atoms with Crippen molar-refractivity contribution in [1.29, 1.82) is 0 Å². The second-order valence-electron chi connectivity index (χ2n) is 5.68. The molecule has 1 aliphatic heterocycles. The first-order chi connectivity index (χ1) is 9.06. The van der Waals surface area contributed by atoms with Crippen molar-refractivity contribution in [2.24, 2.45) is 11.7 Å². The number of amides is 1. The molecule has 0 aromatic heterocycles. The summed E-state index contributed by atoms with van der Waals surface area (Å²) in [5.41, 5.74) is 5.26. The SMILES string of the molecule is COC(=O)CC1CC(NC2CC2)CN(CC(N)=O)C1. The maximum Gasteiger partial charge on any atom is 0.305 e. The molecule has 2 rings (SSSR count). The van der Waals surface area contributed by atoms with Gasteiger partial charge in [0.15, 0.2) is 0 Å². The lowest BCUT2D eigenvalue weighted by Crippen LogP contribution is -2.52. The van der Waals surface area contributed by atoms with E-state index in [1.807, 2.05) is 4.90 Å². The van der Waals surface area contributed by atoms with E-state index in [2.05, 4.69) is 5.32 Å². The van der Waals surface area contributed by atoms with Gasteiger partial charge >= 0.3 is 5.97 Å². The van der Waals surface area contributed by atoms with Crippen LogP contribution in [0.15, 0.2) is 0 Å². The molecule has 1 heterocycles. The van der Waals surface area contributed by atoms with Gasteiger partial charge in [0.1, 0.15) is 0 Å². The minimum Gasteiger partial charge on any atom is -0.469 e. The Labute approximate surface area is 113 Å². The van der Waals surface area contributed by atoms with Crippen molar-refractivity contribution in [1.82, 2.24) is 10.2 Å². The smallest absolute Gasteiger partial charge is 0.305 e. The molecule has 6 heteroatoms. The van der Waals surface area contributed by atoms with Gasteiger partial charge in [-0.3, -0.25) is 14.5 Å². The molecule has 3 N–H and O–H groups in total. The molecular weight excluding hydrogens is 246 g/mol. The number of nitrogens with zero attached hydrogens (tertiary/aromatic N) is 1. The number of carbonyl (C=O) groups is 2. The Morgan fingerprint density at radius 3 is 2.63 bits per heavy atom. The zero-order chi connectivity index (χ0) is 13.8. The Hall–Kier alpha value is -1.14. The Bertz CT molecular complexity index is 344. The standard InChI is InChI=1S/C13H23N3O3/c1-19-13(18)5-9-4-11(15-10-2-3-10)7-16(6-9)8-12(14)17/h9-11,15H,2-8H2,1H3,(H2,14,17). The first-order valence-corrected chi connectivity index (χ1v) is 6.90. The molecule has 0 radical (unpaired) electrons. The highest BCUT2D eigenvalue weighted by Crippen LogP contribution is 2.25. The first kappa shape index (κ1) is 14.3. The molecule has 0 bridgehead atoms. The second kappa shape index (κ2) is 6.34. The summed E-state index contributed by atoms with van der Waals surface area (Å²) >= 11 is 0. The van der Waals surface area contributed by atoms with Crippen LogP contribution in [-0.4, -0.2) is 55.6 Å². The lowest BCUT2D eigenvalue weighted by atomic mass is 9.91.